The van der Waals surface area contributed by atoms with Crippen molar-refractivity contribution in [2.75, 3.05) is 37.7 Å². The number of hydrogen-bond donors (Lipinski definition) is 14. The maximum absolute atomic E-state index is 15.3. The lowest BCUT2D eigenvalue weighted by Gasteiger charge is -2.29. The Morgan fingerprint density at radius 1 is 0.619 bits per heavy atom. The van der Waals surface area contributed by atoms with E-state index in [0.29, 0.717) is 60.6 Å². The predicted octanol–water partition coefficient (Wildman–Crippen LogP) is 1.16. The molecule has 572 valence electrons. The van der Waals surface area contributed by atoms with Crippen LogP contribution in [0.2, 0.25) is 0 Å². The molecule has 4 heterocycles. The van der Waals surface area contributed by atoms with Crippen LogP contribution < -0.4 is 58.9 Å². The first kappa shape index (κ1) is 84.1. The van der Waals surface area contributed by atoms with Gasteiger partial charge in [0.25, 0.3) is 23.6 Å². The molecule has 0 radical (unpaired) electrons. The zero-order chi connectivity index (χ0) is 76.8. The number of nitrogens with zero attached hydrogens (tertiary/aromatic N) is 2. The number of imide groups is 2. The Bertz CT molecular complexity index is 3620. The molecule has 3 aliphatic heterocycles. The van der Waals surface area contributed by atoms with Gasteiger partial charge in [-0.05, 0) is 128 Å². The van der Waals surface area contributed by atoms with Crippen LogP contribution in [0.25, 0.3) is 10.9 Å². The number of rotatable bonds is 34. The number of amides is 15. The van der Waals surface area contributed by atoms with E-state index in [1.807, 2.05) is 0 Å². The van der Waals surface area contributed by atoms with Crippen molar-refractivity contribution in [3.05, 3.63) is 90.2 Å². The normalized spacial score (nSPS) is 20.2. The summed E-state index contributed by atoms with van der Waals surface area (Å²) in [5, 5.41) is 48.5. The van der Waals surface area contributed by atoms with Crippen molar-refractivity contribution in [1.29, 1.82) is 0 Å². The SMILES string of the molecule is CC[C@@H]1NC(=O)[C@H](CCCCNC(=O)OC(C)(C)C)NC(=O)[C@@H](Cc2c[nH]c3ccccc23)NC(=O)[C@H](Cc2ccc(O)cc2)NC(=O)[C@@H](NC(=O)[C@@H](CCCCNC(=O)CCCCCN2C(=O)C=CC2=O)NC(=O)CCCCCN2C(=O)C=CC2=O)CSSC[C@@H](C(=O)N[C@H](C(N)=O)[C@@H](C)O)NC1=O. The van der Waals surface area contributed by atoms with Crippen molar-refractivity contribution in [3.63, 3.8) is 0 Å². The molecule has 3 aliphatic rings. The van der Waals surface area contributed by atoms with Gasteiger partial charge in [-0.25, -0.2) is 4.79 Å². The first-order valence-electron chi connectivity index (χ1n) is 35.3. The summed E-state index contributed by atoms with van der Waals surface area (Å²) in [6.45, 7) is 8.45. The Balaban J connectivity index is 1.32. The number of H-pyrrole nitrogens is 1. The minimum Gasteiger partial charge on any atom is -0.508 e. The third-order valence-electron chi connectivity index (χ3n) is 17.2. The third-order valence-corrected chi connectivity index (χ3v) is 19.6. The summed E-state index contributed by atoms with van der Waals surface area (Å²) in [5.74, 6) is -10.9. The average molecular weight is 1500 g/mol. The van der Waals surface area contributed by atoms with Crippen molar-refractivity contribution in [1.82, 2.24) is 68.0 Å². The molecular formula is C71H98N14O18S2. The molecule has 0 spiro atoms. The number of aromatic hydroxyl groups is 1. The highest BCUT2D eigenvalue weighted by molar-refractivity contribution is 8.76. The molecule has 34 heteroatoms. The van der Waals surface area contributed by atoms with Crippen LogP contribution in [0.4, 0.5) is 4.79 Å². The summed E-state index contributed by atoms with van der Waals surface area (Å²) in [6, 6.07) is 0.782. The van der Waals surface area contributed by atoms with E-state index < -0.39 is 143 Å². The first-order valence-corrected chi connectivity index (χ1v) is 37.8. The summed E-state index contributed by atoms with van der Waals surface area (Å²) in [6.07, 6.45) is 7.14. The summed E-state index contributed by atoms with van der Waals surface area (Å²) in [5.41, 5.74) is 6.40. The zero-order valence-electron chi connectivity index (χ0n) is 59.7. The molecule has 6 rings (SSSR count). The van der Waals surface area contributed by atoms with Gasteiger partial charge >= 0.3 is 6.09 Å². The van der Waals surface area contributed by atoms with Crippen LogP contribution in [0.3, 0.4) is 0 Å². The van der Waals surface area contributed by atoms with Gasteiger partial charge in [0.15, 0.2) is 0 Å². The molecule has 15 amide bonds. The van der Waals surface area contributed by atoms with Gasteiger partial charge in [-0.1, -0.05) is 71.7 Å². The van der Waals surface area contributed by atoms with E-state index in [4.69, 9.17) is 10.5 Å². The second kappa shape index (κ2) is 42.2. The fourth-order valence-electron chi connectivity index (χ4n) is 11.4. The van der Waals surface area contributed by atoms with E-state index >= 15 is 14.4 Å². The number of para-hydroxylation sites is 1. The van der Waals surface area contributed by atoms with E-state index in [1.165, 1.54) is 55.5 Å². The van der Waals surface area contributed by atoms with Gasteiger partial charge in [0.05, 0.1) is 6.10 Å². The minimum absolute atomic E-state index is 0.0367. The van der Waals surface area contributed by atoms with Gasteiger partial charge in [-0.15, -0.1) is 0 Å². The number of carbonyl (C=O) groups is 15. The number of phenolic OH excluding ortho intramolecular Hbond substituents is 1. The number of aliphatic hydroxyl groups excluding tert-OH is 1. The molecule has 15 N–H and O–H groups in total. The van der Waals surface area contributed by atoms with Crippen LogP contribution >= 0.6 is 21.6 Å². The van der Waals surface area contributed by atoms with E-state index in [9.17, 15) is 67.7 Å². The molecule has 1 saturated heterocycles. The molecule has 3 aromatic rings. The van der Waals surface area contributed by atoms with Crippen molar-refractivity contribution in [2.24, 2.45) is 5.73 Å². The summed E-state index contributed by atoms with van der Waals surface area (Å²) in [4.78, 5) is 209. The number of nitrogens with two attached hydrogens (primary N) is 1. The minimum atomic E-state index is -1.65. The number of phenols is 1. The molecular weight excluding hydrogens is 1400 g/mol. The zero-order valence-corrected chi connectivity index (χ0v) is 61.3. The standard InChI is InChI=1S/C71H98N14O18S2/c1-6-47-63(95)81-54(69(101)83-61(42(2)86)62(72)94)41-105-104-40-53(82-64(96)49(76-56(89)24-10-8-18-36-85-59(92)31-32-60(85)93)21-13-15-33-73-55(88)23-9-7-17-35-84-57(90)29-30-58(84)91)68(100)79-51(37-43-25-27-45(87)28-26-43)66(98)80-52(38-44-39-75-48-20-12-11-19-46(44)48)67(99)78-50(65(97)77-47)22-14-16-34-74-70(102)103-71(3,4)5/h11-12,19-20,25-32,39,42,47,49-54,61,75,86-87H,6-10,13-18,21-24,33-38,40-41H2,1-5H3,(H2,72,94)(H,73,88)(H,74,102)(H,76,89)(H,77,97)(H,78,99)(H,79,100)(H,80,98)(H,81,95)(H,82,96)(H,83,101)/t42-,47+,49-,50+,51+,52-,53+,54+,61+/m1/s1. The second-order valence-corrected chi connectivity index (χ2v) is 29.3. The Labute approximate surface area is 616 Å². The number of unbranched alkanes of at least 4 members (excludes halogenated alkanes) is 6. The van der Waals surface area contributed by atoms with Crippen LogP contribution in [-0.4, -0.2) is 212 Å². The third kappa shape index (κ3) is 28.3. The number of aromatic amines is 1. The highest BCUT2D eigenvalue weighted by Gasteiger charge is 2.37. The number of hydrogen-bond acceptors (Lipinski definition) is 20. The lowest BCUT2D eigenvalue weighted by atomic mass is 10.0. The topological polar surface area (TPSA) is 474 Å². The van der Waals surface area contributed by atoms with Gasteiger partial charge in [0, 0.05) is 105 Å². The molecule has 2 aromatic carbocycles. The monoisotopic (exact) mass is 1500 g/mol. The van der Waals surface area contributed by atoms with Crippen LogP contribution in [0.5, 0.6) is 5.75 Å². The van der Waals surface area contributed by atoms with Crippen molar-refractivity contribution < 1.29 is 86.9 Å². The molecule has 1 aromatic heterocycles. The maximum Gasteiger partial charge on any atom is 0.407 e. The number of ether oxygens (including phenoxy) is 1. The van der Waals surface area contributed by atoms with Crippen LogP contribution in [-0.2, 0) is 84.7 Å². The molecule has 105 heavy (non-hydrogen) atoms. The number of benzene rings is 2. The Morgan fingerprint density at radius 3 is 1.77 bits per heavy atom. The quantitative estimate of drug-likeness (QED) is 0.0227. The van der Waals surface area contributed by atoms with Gasteiger partial charge in [0.1, 0.15) is 59.7 Å². The molecule has 32 nitrogen and oxygen atoms in total. The Kier molecular flexibility index (Phi) is 33.8. The average Bonchev–Trinajstić information content (AvgIpc) is 1.68. The number of nitrogens with one attached hydrogen (secondary N) is 11. The molecule has 1 fully saturated rings. The highest BCUT2D eigenvalue weighted by Crippen LogP contribution is 2.25. The van der Waals surface area contributed by atoms with E-state index in [2.05, 4.69) is 58.2 Å². The van der Waals surface area contributed by atoms with Crippen molar-refractivity contribution in [2.45, 2.75) is 204 Å². The lowest BCUT2D eigenvalue weighted by Crippen LogP contribution is -2.61. The molecule has 0 saturated carbocycles. The first-order chi connectivity index (χ1) is 50.0. The number of aromatic nitrogens is 1. The molecule has 0 bridgehead atoms. The van der Waals surface area contributed by atoms with Crippen LogP contribution in [0, 0.1) is 0 Å². The smallest absolute Gasteiger partial charge is 0.407 e. The molecule has 9 atom stereocenters. The van der Waals surface area contributed by atoms with Gasteiger partial charge < -0.3 is 78.8 Å². The number of primary amides is 1. The largest absolute Gasteiger partial charge is 0.508 e. The van der Waals surface area contributed by atoms with Gasteiger partial charge in [-0.3, -0.25) is 76.9 Å². The summed E-state index contributed by atoms with van der Waals surface area (Å²) >= 11 is 0. The van der Waals surface area contributed by atoms with E-state index in [0.717, 1.165) is 31.4 Å². The van der Waals surface area contributed by atoms with E-state index in [1.54, 1.807) is 58.2 Å². The Morgan fingerprint density at radius 2 is 1.16 bits per heavy atom. The predicted molar refractivity (Wildman–Crippen MR) is 389 cm³/mol. The van der Waals surface area contributed by atoms with Gasteiger partial charge in [0.2, 0.25) is 59.1 Å². The summed E-state index contributed by atoms with van der Waals surface area (Å²) in [7, 11) is 1.82. The second-order valence-electron chi connectivity index (χ2n) is 26.7. The fraction of sp³-hybridized carbons (Fsp3) is 0.535. The Hall–Kier alpha value is -9.83. The van der Waals surface area contributed by atoms with Crippen molar-refractivity contribution >= 4 is 121 Å². The number of carbonyl (C=O) groups excluding carboxylic acids is 15. The van der Waals surface area contributed by atoms with Gasteiger partial charge in [-0.2, -0.15) is 0 Å². The lowest BCUT2D eigenvalue weighted by molar-refractivity contribution is -0.138. The van der Waals surface area contributed by atoms with Crippen LogP contribution in [0.1, 0.15) is 142 Å². The number of aliphatic hydroxyl groups is 1. The highest BCUT2D eigenvalue weighted by atomic mass is 33.1. The number of fused-ring (bicyclic) bond motifs is 1. The summed E-state index contributed by atoms with van der Waals surface area (Å²) < 4.78 is 5.36. The van der Waals surface area contributed by atoms with Crippen molar-refractivity contribution in [3.8, 4) is 5.75 Å². The van der Waals surface area contributed by atoms with E-state index in [-0.39, 0.29) is 120 Å². The van der Waals surface area contributed by atoms with Crippen LogP contribution in [0.15, 0.2) is 79.0 Å². The fourth-order valence-corrected chi connectivity index (χ4v) is 13.7. The maximum atomic E-state index is 15.3. The molecule has 0 unspecified atom stereocenters. The number of alkyl carbamates (subject to hydrolysis) is 1. The molecule has 0 aliphatic carbocycles.